The normalized spacial score (nSPS) is 11.8. The van der Waals surface area contributed by atoms with Gasteiger partial charge in [0.1, 0.15) is 22.3 Å². The zero-order valence-corrected chi connectivity index (χ0v) is 28.7. The fourth-order valence-electron chi connectivity index (χ4n) is 7.77. The SMILES string of the molecule is c1ccc2c(c1)oc1ccc(-c3ccc(N(c4ccc(-c5cccc6c5oc5ccccc56)cc4)c4ccc5c(c4)sc4ccccc45)cc3)cc12. The van der Waals surface area contributed by atoms with Gasteiger partial charge >= 0.3 is 0 Å². The number of fused-ring (bicyclic) bond motifs is 9. The maximum atomic E-state index is 6.39. The van der Waals surface area contributed by atoms with Gasteiger partial charge in [0, 0.05) is 64.3 Å². The summed E-state index contributed by atoms with van der Waals surface area (Å²) in [6.07, 6.45) is 0. The van der Waals surface area contributed by atoms with Gasteiger partial charge in [-0.1, -0.05) is 109 Å². The van der Waals surface area contributed by atoms with Gasteiger partial charge in [-0.25, -0.2) is 0 Å². The lowest BCUT2D eigenvalue weighted by Crippen LogP contribution is -2.09. The van der Waals surface area contributed by atoms with Crippen LogP contribution in [0, 0.1) is 0 Å². The topological polar surface area (TPSA) is 29.5 Å². The van der Waals surface area contributed by atoms with Crippen LogP contribution < -0.4 is 4.90 Å². The van der Waals surface area contributed by atoms with Crippen LogP contribution in [0.4, 0.5) is 17.1 Å². The van der Waals surface area contributed by atoms with Gasteiger partial charge in [-0.15, -0.1) is 11.3 Å². The average Bonchev–Trinajstić information content (AvgIpc) is 3.89. The highest BCUT2D eigenvalue weighted by Crippen LogP contribution is 2.43. The molecule has 0 saturated heterocycles. The van der Waals surface area contributed by atoms with Gasteiger partial charge in [-0.05, 0) is 83.4 Å². The van der Waals surface area contributed by atoms with E-state index >= 15 is 0 Å². The predicted octanol–water partition coefficient (Wildman–Crippen LogP) is 14.7. The third-order valence-electron chi connectivity index (χ3n) is 10.3. The van der Waals surface area contributed by atoms with E-state index in [0.717, 1.165) is 83.2 Å². The van der Waals surface area contributed by atoms with E-state index in [1.807, 2.05) is 35.6 Å². The van der Waals surface area contributed by atoms with Gasteiger partial charge in [-0.2, -0.15) is 0 Å². The molecule has 11 aromatic rings. The molecule has 0 aliphatic heterocycles. The van der Waals surface area contributed by atoms with Crippen LogP contribution in [0.1, 0.15) is 0 Å². The minimum Gasteiger partial charge on any atom is -0.456 e. The maximum absolute atomic E-state index is 6.39. The predicted molar refractivity (Wildman–Crippen MR) is 219 cm³/mol. The number of hydrogen-bond donors (Lipinski definition) is 0. The van der Waals surface area contributed by atoms with Crippen molar-refractivity contribution < 1.29 is 8.83 Å². The molecule has 0 aliphatic carbocycles. The molecule has 0 saturated carbocycles. The molecule has 52 heavy (non-hydrogen) atoms. The Hall–Kier alpha value is -6.62. The van der Waals surface area contributed by atoms with E-state index in [-0.39, 0.29) is 0 Å². The molecule has 0 spiro atoms. The van der Waals surface area contributed by atoms with E-state index in [9.17, 15) is 0 Å². The fraction of sp³-hybridized carbons (Fsp3) is 0. The van der Waals surface area contributed by atoms with E-state index < -0.39 is 0 Å². The summed E-state index contributed by atoms with van der Waals surface area (Å²) in [5.74, 6) is 0. The van der Waals surface area contributed by atoms with Crippen molar-refractivity contribution in [2.24, 2.45) is 0 Å². The Morgan fingerprint density at radius 1 is 0.346 bits per heavy atom. The molecule has 4 heteroatoms. The molecule has 8 aromatic carbocycles. The van der Waals surface area contributed by atoms with Gasteiger partial charge in [0.05, 0.1) is 0 Å². The molecule has 3 heterocycles. The van der Waals surface area contributed by atoms with Crippen LogP contribution >= 0.6 is 11.3 Å². The van der Waals surface area contributed by atoms with Crippen LogP contribution in [0.25, 0.3) is 86.3 Å². The van der Waals surface area contributed by atoms with Crippen molar-refractivity contribution in [2.75, 3.05) is 4.90 Å². The van der Waals surface area contributed by atoms with Crippen LogP contribution in [0.15, 0.2) is 185 Å². The lowest BCUT2D eigenvalue weighted by atomic mass is 10.0. The first-order chi connectivity index (χ1) is 25.7. The number of anilines is 3. The molecular weight excluding hydrogens is 655 g/mol. The van der Waals surface area contributed by atoms with Crippen LogP contribution in [0.5, 0.6) is 0 Å². The first kappa shape index (κ1) is 29.1. The van der Waals surface area contributed by atoms with Gasteiger partial charge in [-0.3, -0.25) is 0 Å². The average molecular weight is 684 g/mol. The van der Waals surface area contributed by atoms with Crippen molar-refractivity contribution in [1.29, 1.82) is 0 Å². The lowest BCUT2D eigenvalue weighted by molar-refractivity contribution is 0.669. The Bertz CT molecular complexity index is 3130. The molecule has 11 rings (SSSR count). The first-order valence-electron chi connectivity index (χ1n) is 17.5. The Kier molecular flexibility index (Phi) is 6.42. The number of benzene rings is 8. The first-order valence-corrected chi connectivity index (χ1v) is 18.3. The minimum absolute atomic E-state index is 0.907. The summed E-state index contributed by atoms with van der Waals surface area (Å²) in [5.41, 5.74) is 11.5. The number of para-hydroxylation sites is 3. The fourth-order valence-corrected chi connectivity index (χ4v) is 8.91. The summed E-state index contributed by atoms with van der Waals surface area (Å²) < 4.78 is 15.1. The van der Waals surface area contributed by atoms with Crippen molar-refractivity contribution in [3.63, 3.8) is 0 Å². The zero-order chi connectivity index (χ0) is 34.2. The Morgan fingerprint density at radius 3 is 1.71 bits per heavy atom. The summed E-state index contributed by atoms with van der Waals surface area (Å²) in [5, 5.41) is 7.14. The summed E-state index contributed by atoms with van der Waals surface area (Å²) in [7, 11) is 0. The highest BCUT2D eigenvalue weighted by atomic mass is 32.1. The lowest BCUT2D eigenvalue weighted by Gasteiger charge is -2.26. The van der Waals surface area contributed by atoms with Gasteiger partial charge in [0.25, 0.3) is 0 Å². The van der Waals surface area contributed by atoms with Crippen molar-refractivity contribution in [1.82, 2.24) is 0 Å². The molecule has 0 bridgehead atoms. The number of rotatable bonds is 5. The van der Waals surface area contributed by atoms with Gasteiger partial charge in [0.2, 0.25) is 0 Å². The van der Waals surface area contributed by atoms with E-state index in [2.05, 4.69) is 157 Å². The van der Waals surface area contributed by atoms with Crippen LogP contribution in [0.2, 0.25) is 0 Å². The molecule has 0 radical (unpaired) electrons. The maximum Gasteiger partial charge on any atom is 0.143 e. The molecule has 0 unspecified atom stereocenters. The van der Waals surface area contributed by atoms with Gasteiger partial charge < -0.3 is 13.7 Å². The van der Waals surface area contributed by atoms with Crippen molar-refractivity contribution in [3.05, 3.63) is 176 Å². The van der Waals surface area contributed by atoms with Crippen molar-refractivity contribution >= 4 is 92.4 Å². The molecule has 0 fully saturated rings. The van der Waals surface area contributed by atoms with Crippen LogP contribution in [-0.4, -0.2) is 0 Å². The standard InChI is InChI=1S/C48H29NO2S/c1-5-14-44-37(8-1)41-12-7-11-36(48(41)51-44)31-18-23-34(24-19-31)49(35-25-26-40-39-10-3-6-15-46(39)52-47(40)29-35)33-21-16-30(17-22-33)32-20-27-45-42(28-32)38-9-2-4-13-43(38)50-45/h1-29H. The second-order valence-electron chi connectivity index (χ2n) is 13.3. The molecule has 244 valence electrons. The molecule has 0 amide bonds. The Labute approximate surface area is 303 Å². The van der Waals surface area contributed by atoms with Crippen LogP contribution in [-0.2, 0) is 0 Å². The highest BCUT2D eigenvalue weighted by Gasteiger charge is 2.17. The number of nitrogens with zero attached hydrogens (tertiary/aromatic N) is 1. The molecule has 0 aliphatic rings. The second kappa shape index (κ2) is 11.5. The third kappa shape index (κ3) is 4.58. The van der Waals surface area contributed by atoms with Gasteiger partial charge in [0.15, 0.2) is 0 Å². The summed E-state index contributed by atoms with van der Waals surface area (Å²) in [6, 6.07) is 62.6. The summed E-state index contributed by atoms with van der Waals surface area (Å²) in [6.45, 7) is 0. The Balaban J connectivity index is 1.02. The van der Waals surface area contributed by atoms with Crippen molar-refractivity contribution in [2.45, 2.75) is 0 Å². The molecule has 0 atom stereocenters. The van der Waals surface area contributed by atoms with E-state index in [1.165, 1.54) is 20.2 Å². The minimum atomic E-state index is 0.907. The summed E-state index contributed by atoms with van der Waals surface area (Å²) in [4.78, 5) is 2.35. The number of furan rings is 2. The van der Waals surface area contributed by atoms with E-state index in [1.54, 1.807) is 0 Å². The molecule has 3 nitrogen and oxygen atoms in total. The quantitative estimate of drug-likeness (QED) is 0.181. The number of thiophene rings is 1. The third-order valence-corrected chi connectivity index (χ3v) is 11.4. The molecular formula is C48H29NO2S. The molecule has 3 aromatic heterocycles. The monoisotopic (exact) mass is 683 g/mol. The number of hydrogen-bond acceptors (Lipinski definition) is 4. The second-order valence-corrected chi connectivity index (χ2v) is 14.4. The Morgan fingerprint density at radius 2 is 0.923 bits per heavy atom. The van der Waals surface area contributed by atoms with E-state index in [0.29, 0.717) is 0 Å². The van der Waals surface area contributed by atoms with E-state index in [4.69, 9.17) is 8.83 Å². The highest BCUT2D eigenvalue weighted by molar-refractivity contribution is 7.25. The zero-order valence-electron chi connectivity index (χ0n) is 27.9. The molecule has 0 N–H and O–H groups in total. The smallest absolute Gasteiger partial charge is 0.143 e. The summed E-state index contributed by atoms with van der Waals surface area (Å²) >= 11 is 1.84. The van der Waals surface area contributed by atoms with Crippen molar-refractivity contribution in [3.8, 4) is 22.3 Å². The van der Waals surface area contributed by atoms with Crippen LogP contribution in [0.3, 0.4) is 0 Å². The largest absolute Gasteiger partial charge is 0.456 e.